The number of hydrogen-bond donors (Lipinski definition) is 2. The first-order valence-corrected chi connectivity index (χ1v) is 16.8. The second-order valence-corrected chi connectivity index (χ2v) is 14.3. The van der Waals surface area contributed by atoms with E-state index in [1.165, 1.54) is 32.1 Å². The van der Waals surface area contributed by atoms with Crippen molar-refractivity contribution in [2.24, 2.45) is 71.0 Å². The highest BCUT2D eigenvalue weighted by atomic mass is 35.5. The Balaban J connectivity index is 0.000000216. The van der Waals surface area contributed by atoms with Crippen LogP contribution in [0, 0.1) is 87.8 Å². The number of methoxy groups -OCH3 is 4. The molecule has 4 fully saturated rings. The van der Waals surface area contributed by atoms with Gasteiger partial charge in [0.05, 0.1) is 25.0 Å². The van der Waals surface area contributed by atoms with Crippen molar-refractivity contribution in [3.8, 4) is 6.07 Å². The van der Waals surface area contributed by atoms with E-state index in [1.807, 2.05) is 0 Å². The number of hydrogen-bond acceptors (Lipinski definition) is 6. The molecule has 0 aromatic rings. The molecule has 8 aliphatic carbocycles. The minimum atomic E-state index is -0.843. The minimum Gasteiger partial charge on any atom is -1.00 e. The molecule has 47 heavy (non-hydrogen) atoms. The van der Waals surface area contributed by atoms with Crippen LogP contribution in [-0.4, -0.2) is 45.5 Å². The quantitative estimate of drug-likeness (QED) is 0.185. The Kier molecular flexibility index (Phi) is 16.2. The van der Waals surface area contributed by atoms with Gasteiger partial charge in [0.15, 0.2) is 0 Å². The first kappa shape index (κ1) is 41.5. The molecule has 0 radical (unpaired) electrons. The summed E-state index contributed by atoms with van der Waals surface area (Å²) in [6.45, 7) is 0. The normalized spacial score (nSPS) is 37.6. The molecule has 0 aliphatic heterocycles. The van der Waals surface area contributed by atoms with Crippen LogP contribution in [0.15, 0.2) is 48.6 Å². The van der Waals surface area contributed by atoms with Crippen LogP contribution in [-0.2, 0) is 18.9 Å². The first-order chi connectivity index (χ1) is 21.2. The highest BCUT2D eigenvalue weighted by Crippen LogP contribution is 2.50. The lowest BCUT2D eigenvalue weighted by atomic mass is 9.91. The molecule has 8 bridgehead atoms. The number of allylic oxidation sites excluding steroid dienone is 8. The lowest BCUT2D eigenvalue weighted by Crippen LogP contribution is -3.00. The molecule has 0 saturated heterocycles. The predicted octanol–water partition coefficient (Wildman–Crippen LogP) is 4.07. The summed E-state index contributed by atoms with van der Waals surface area (Å²) in [5.74, 6) is 6.79. The van der Waals surface area contributed by atoms with Gasteiger partial charge in [-0.05, 0) is 98.7 Å². The van der Waals surface area contributed by atoms with Gasteiger partial charge in [0.2, 0.25) is 0 Å². The second kappa shape index (κ2) is 18.3. The third kappa shape index (κ3) is 9.11. The third-order valence-corrected chi connectivity index (χ3v) is 11.8. The van der Waals surface area contributed by atoms with Gasteiger partial charge in [0.1, 0.15) is 5.17 Å². The Hall–Kier alpha value is -1.70. The monoisotopic (exact) mass is 711 g/mol. The summed E-state index contributed by atoms with van der Waals surface area (Å²) in [6, 6.07) is 2.34. The predicted molar refractivity (Wildman–Crippen MR) is 185 cm³/mol. The highest BCUT2D eigenvalue weighted by Gasteiger charge is 2.50. The van der Waals surface area contributed by atoms with E-state index in [4.69, 9.17) is 46.6 Å². The van der Waals surface area contributed by atoms with Gasteiger partial charge in [0.25, 0.3) is 5.97 Å². The van der Waals surface area contributed by atoms with E-state index in [-0.39, 0.29) is 31.0 Å². The summed E-state index contributed by atoms with van der Waals surface area (Å²) >= 11 is 5.63. The number of nitriles is 1. The number of nitrogens with two attached hydrogens (primary N) is 2. The molecule has 0 spiro atoms. The highest BCUT2D eigenvalue weighted by molar-refractivity contribution is 6.65. The number of nitrogens with zero attached hydrogens (tertiary/aromatic N) is 1. The Morgan fingerprint density at radius 2 is 1.13 bits per heavy atom. The van der Waals surface area contributed by atoms with Gasteiger partial charge in [-0.1, -0.05) is 60.2 Å². The topological polar surface area (TPSA) is 144 Å². The van der Waals surface area contributed by atoms with Crippen LogP contribution in [0.1, 0.15) is 51.4 Å². The van der Waals surface area contributed by atoms with Crippen molar-refractivity contribution < 1.29 is 36.8 Å². The summed E-state index contributed by atoms with van der Waals surface area (Å²) in [5, 5.41) is 22.0. The maximum absolute atomic E-state index is 8.60. The molecule has 11 heteroatoms. The van der Waals surface area contributed by atoms with E-state index in [1.54, 1.807) is 28.4 Å². The van der Waals surface area contributed by atoms with E-state index in [0.29, 0.717) is 58.4 Å². The molecular formula is C36H54Cl3N4O4-. The zero-order valence-electron chi connectivity index (χ0n) is 28.1. The summed E-state index contributed by atoms with van der Waals surface area (Å²) in [5.41, 5.74) is 0. The number of rotatable bonds is 6. The van der Waals surface area contributed by atoms with E-state index in [2.05, 4.69) is 54.7 Å². The van der Waals surface area contributed by atoms with Crippen LogP contribution in [0.4, 0.5) is 0 Å². The fourth-order valence-corrected chi connectivity index (χ4v) is 9.40. The van der Waals surface area contributed by atoms with Crippen LogP contribution in [0.5, 0.6) is 0 Å². The molecule has 8 aliphatic rings. The van der Waals surface area contributed by atoms with Crippen molar-refractivity contribution in [3.05, 3.63) is 54.8 Å². The van der Waals surface area contributed by atoms with E-state index in [9.17, 15) is 0 Å². The molecule has 5 N–H and O–H groups in total. The second-order valence-electron chi connectivity index (χ2n) is 13.8. The molecule has 12 atom stereocenters. The molecule has 8 rings (SSSR count). The summed E-state index contributed by atoms with van der Waals surface area (Å²) < 4.78 is 21.2. The van der Waals surface area contributed by atoms with E-state index in [0.717, 1.165) is 42.9 Å². The van der Waals surface area contributed by atoms with Crippen molar-refractivity contribution in [2.45, 2.75) is 57.3 Å². The molecule has 4 saturated carbocycles. The SMILES string of the molecule is COC(=[NH2+])C1CC2C=CC1C2.COC(OC)(OC)C1CC2C=CC1C2.Cl.N#CC1CC2C=CC1C2.N=C(Cl)C1CC2C=CC1C2.[Cl-].[NH2-]. The molecule has 0 aromatic carbocycles. The van der Waals surface area contributed by atoms with Crippen LogP contribution in [0.3, 0.4) is 0 Å². The van der Waals surface area contributed by atoms with E-state index < -0.39 is 5.97 Å². The van der Waals surface area contributed by atoms with Crippen molar-refractivity contribution in [1.82, 2.24) is 0 Å². The molecule has 0 amide bonds. The van der Waals surface area contributed by atoms with Crippen LogP contribution in [0.2, 0.25) is 0 Å². The molecule has 264 valence electrons. The lowest BCUT2D eigenvalue weighted by molar-refractivity contribution is -0.381. The van der Waals surface area contributed by atoms with Gasteiger partial charge >= 0.3 is 5.90 Å². The van der Waals surface area contributed by atoms with Crippen LogP contribution < -0.4 is 17.8 Å². The van der Waals surface area contributed by atoms with Gasteiger partial charge in [-0.2, -0.15) is 5.26 Å². The van der Waals surface area contributed by atoms with Gasteiger partial charge in [-0.15, -0.1) is 12.4 Å². The van der Waals surface area contributed by atoms with Crippen molar-refractivity contribution in [2.75, 3.05) is 28.4 Å². The van der Waals surface area contributed by atoms with Crippen molar-refractivity contribution >= 4 is 35.1 Å². The average Bonchev–Trinajstić information content (AvgIpc) is 3.92. The maximum Gasteiger partial charge on any atom is 0.336 e. The molecular weight excluding hydrogens is 659 g/mol. The number of halogens is 3. The van der Waals surface area contributed by atoms with Gasteiger partial charge < -0.3 is 37.5 Å². The molecule has 8 nitrogen and oxygen atoms in total. The Bertz CT molecular complexity index is 1210. The number of nitrogens with one attached hydrogen (secondary N) is 1. The molecule has 0 aromatic heterocycles. The van der Waals surface area contributed by atoms with Crippen molar-refractivity contribution in [3.63, 3.8) is 0 Å². The lowest BCUT2D eigenvalue weighted by Gasteiger charge is -2.37. The van der Waals surface area contributed by atoms with Gasteiger partial charge in [0, 0.05) is 33.2 Å². The van der Waals surface area contributed by atoms with Crippen molar-refractivity contribution in [1.29, 1.82) is 10.7 Å². The zero-order chi connectivity index (χ0) is 31.4. The van der Waals surface area contributed by atoms with Gasteiger partial charge in [-0.25, -0.2) is 5.41 Å². The standard InChI is InChI=1S/C11H18O3.C9H13NO.C8H10ClN.C8H9N.2ClH.H2N/c1-12-11(13-2,14-3)10-7-8-4-5-9(10)6-8;1-11-9(10)8-5-6-2-3-7(8)4-6;9-8(10)7-4-5-1-2-6(7)3-5;9-5-8-4-6-1-2-7(8)3-6;;;/h4-5,8-10H,6-7H2,1-3H3;2-3,6-8,10H,4-5H2,1H3;1-2,5-7,10H,3-4H2;1-2,6-8H,3-4H2;2*1H;1H2/q;;;;;;-1. The maximum atomic E-state index is 8.60. The van der Waals surface area contributed by atoms with E-state index >= 15 is 0 Å². The van der Waals surface area contributed by atoms with Crippen LogP contribution in [0.25, 0.3) is 6.15 Å². The Labute approximate surface area is 299 Å². The van der Waals surface area contributed by atoms with Crippen LogP contribution >= 0.6 is 24.0 Å². The average molecular weight is 713 g/mol. The first-order valence-electron chi connectivity index (χ1n) is 16.4. The summed E-state index contributed by atoms with van der Waals surface area (Å²) in [7, 11) is 6.58. The fourth-order valence-electron chi connectivity index (χ4n) is 9.15. The number of ether oxygens (including phenoxy) is 4. The Morgan fingerprint density at radius 3 is 1.38 bits per heavy atom. The van der Waals surface area contributed by atoms with Gasteiger partial charge in [-0.3, -0.25) is 5.41 Å². The number of fused-ring (bicyclic) bond motifs is 8. The third-order valence-electron chi connectivity index (χ3n) is 11.5. The zero-order valence-corrected chi connectivity index (χ0v) is 30.4. The summed E-state index contributed by atoms with van der Waals surface area (Å²) in [6.07, 6.45) is 27.7. The fraction of sp³-hybridized carbons (Fsp3) is 0.694. The minimum absolute atomic E-state index is 0. The Morgan fingerprint density at radius 1 is 0.702 bits per heavy atom. The molecule has 0 heterocycles. The summed E-state index contributed by atoms with van der Waals surface area (Å²) in [4.78, 5) is 0. The largest absolute Gasteiger partial charge is 1.00 e. The molecule has 12 unspecified atom stereocenters. The smallest absolute Gasteiger partial charge is 0.336 e.